The first-order valence-electron chi connectivity index (χ1n) is 6.32. The minimum atomic E-state index is -0.175. The van der Waals surface area contributed by atoms with Crippen molar-refractivity contribution >= 4 is 11.8 Å². The van der Waals surface area contributed by atoms with Crippen molar-refractivity contribution in [3.63, 3.8) is 0 Å². The molecule has 0 aromatic heterocycles. The highest BCUT2D eigenvalue weighted by atomic mass is 16.6. The molecule has 0 spiro atoms. The normalized spacial score (nSPS) is 27.8. The topological polar surface area (TPSA) is 29.5 Å². The summed E-state index contributed by atoms with van der Waals surface area (Å²) >= 11 is 0. The van der Waals surface area contributed by atoms with Gasteiger partial charge in [-0.2, -0.15) is 0 Å². The lowest BCUT2D eigenvalue weighted by molar-refractivity contribution is 0.113. The smallest absolute Gasteiger partial charge is 0.415 e. The van der Waals surface area contributed by atoms with Crippen LogP contribution in [0.25, 0.3) is 0 Å². The summed E-state index contributed by atoms with van der Waals surface area (Å²) in [5.74, 6) is 0. The average Bonchev–Trinajstić information content (AvgIpc) is 2.66. The van der Waals surface area contributed by atoms with Crippen molar-refractivity contribution in [1.82, 2.24) is 0 Å². The number of fused-ring (bicyclic) bond motifs is 1. The Hall–Kier alpha value is -1.51. The standard InChI is InChI=1S/C14H17NO2/c1-10-6-8-11(9-7-10)15-12-4-2-3-5-13(12)17-14(15)16/h6-9,12-13H,2-5H2,1H3. The van der Waals surface area contributed by atoms with Crippen LogP contribution in [0.5, 0.6) is 0 Å². The number of hydrogen-bond donors (Lipinski definition) is 0. The van der Waals surface area contributed by atoms with Crippen LogP contribution in [-0.4, -0.2) is 18.2 Å². The molecule has 1 aromatic rings. The lowest BCUT2D eigenvalue weighted by Gasteiger charge is -2.28. The van der Waals surface area contributed by atoms with Gasteiger partial charge in [0.15, 0.2) is 0 Å². The van der Waals surface area contributed by atoms with Crippen molar-refractivity contribution in [3.05, 3.63) is 29.8 Å². The second-order valence-corrected chi connectivity index (χ2v) is 4.98. The fourth-order valence-electron chi connectivity index (χ4n) is 2.83. The van der Waals surface area contributed by atoms with Crippen LogP contribution in [0.2, 0.25) is 0 Å². The van der Waals surface area contributed by atoms with Gasteiger partial charge in [0.05, 0.1) is 6.04 Å². The van der Waals surface area contributed by atoms with E-state index in [1.165, 1.54) is 18.4 Å². The van der Waals surface area contributed by atoms with Crippen LogP contribution in [0, 0.1) is 6.92 Å². The van der Waals surface area contributed by atoms with Gasteiger partial charge in [-0.1, -0.05) is 24.1 Å². The maximum Gasteiger partial charge on any atom is 0.415 e. The number of carbonyl (C=O) groups excluding carboxylic acids is 1. The molecule has 1 saturated heterocycles. The Kier molecular flexibility index (Phi) is 2.54. The summed E-state index contributed by atoms with van der Waals surface area (Å²) in [5.41, 5.74) is 2.18. The van der Waals surface area contributed by atoms with Crippen molar-refractivity contribution < 1.29 is 9.53 Å². The SMILES string of the molecule is Cc1ccc(N2C(=O)OC3CCCCC32)cc1. The number of carbonyl (C=O) groups is 1. The van der Waals surface area contributed by atoms with Gasteiger partial charge >= 0.3 is 6.09 Å². The minimum absolute atomic E-state index is 0.109. The molecule has 1 saturated carbocycles. The second kappa shape index (κ2) is 4.06. The molecule has 1 heterocycles. The van der Waals surface area contributed by atoms with E-state index >= 15 is 0 Å². The molecule has 90 valence electrons. The molecule has 17 heavy (non-hydrogen) atoms. The third-order valence-electron chi connectivity index (χ3n) is 3.76. The van der Waals surface area contributed by atoms with Crippen LogP contribution in [0.4, 0.5) is 10.5 Å². The van der Waals surface area contributed by atoms with Gasteiger partial charge in [-0.25, -0.2) is 4.79 Å². The molecular weight excluding hydrogens is 214 g/mol. The predicted octanol–water partition coefficient (Wildman–Crippen LogP) is 3.26. The zero-order chi connectivity index (χ0) is 11.8. The van der Waals surface area contributed by atoms with Crippen molar-refractivity contribution in [3.8, 4) is 0 Å². The summed E-state index contributed by atoms with van der Waals surface area (Å²) in [5, 5.41) is 0. The van der Waals surface area contributed by atoms with Crippen LogP contribution in [0.3, 0.4) is 0 Å². The van der Waals surface area contributed by atoms with Gasteiger partial charge in [0, 0.05) is 5.69 Å². The second-order valence-electron chi connectivity index (χ2n) is 4.98. The average molecular weight is 231 g/mol. The summed E-state index contributed by atoms with van der Waals surface area (Å²) in [6, 6.07) is 8.34. The molecule has 0 radical (unpaired) electrons. The van der Waals surface area contributed by atoms with E-state index in [9.17, 15) is 4.79 Å². The summed E-state index contributed by atoms with van der Waals surface area (Å²) < 4.78 is 5.45. The van der Waals surface area contributed by atoms with E-state index in [1.807, 2.05) is 29.2 Å². The Morgan fingerprint density at radius 2 is 1.88 bits per heavy atom. The third-order valence-corrected chi connectivity index (χ3v) is 3.76. The van der Waals surface area contributed by atoms with E-state index in [0.717, 1.165) is 18.5 Å². The highest BCUT2D eigenvalue weighted by Gasteiger charge is 2.43. The quantitative estimate of drug-likeness (QED) is 0.742. The molecule has 3 rings (SSSR count). The van der Waals surface area contributed by atoms with E-state index in [0.29, 0.717) is 0 Å². The third kappa shape index (κ3) is 1.79. The highest BCUT2D eigenvalue weighted by molar-refractivity contribution is 5.90. The first kappa shape index (κ1) is 10.6. The van der Waals surface area contributed by atoms with Gasteiger partial charge < -0.3 is 4.74 Å². The van der Waals surface area contributed by atoms with Gasteiger partial charge in [-0.3, -0.25) is 4.90 Å². The molecule has 2 aliphatic rings. The molecule has 0 bridgehead atoms. The van der Waals surface area contributed by atoms with Gasteiger partial charge in [0.2, 0.25) is 0 Å². The number of benzene rings is 1. The van der Waals surface area contributed by atoms with Crippen LogP contribution >= 0.6 is 0 Å². The number of nitrogens with zero attached hydrogens (tertiary/aromatic N) is 1. The number of anilines is 1. The summed E-state index contributed by atoms with van der Waals surface area (Å²) in [7, 11) is 0. The highest BCUT2D eigenvalue weighted by Crippen LogP contribution is 2.35. The van der Waals surface area contributed by atoms with Crippen molar-refractivity contribution in [2.24, 2.45) is 0 Å². The van der Waals surface area contributed by atoms with Crippen molar-refractivity contribution in [2.75, 3.05) is 4.90 Å². The summed E-state index contributed by atoms with van der Waals surface area (Å²) in [6.45, 7) is 2.05. The molecule has 1 amide bonds. The molecule has 1 aliphatic heterocycles. The minimum Gasteiger partial charge on any atom is -0.444 e. The molecule has 2 atom stereocenters. The van der Waals surface area contributed by atoms with Crippen molar-refractivity contribution in [1.29, 1.82) is 0 Å². The number of hydrogen-bond acceptors (Lipinski definition) is 2. The largest absolute Gasteiger partial charge is 0.444 e. The Bertz CT molecular complexity index is 426. The number of amides is 1. The van der Waals surface area contributed by atoms with Crippen LogP contribution < -0.4 is 4.90 Å². The lowest BCUT2D eigenvalue weighted by atomic mass is 9.92. The van der Waals surface area contributed by atoms with Gasteiger partial charge in [-0.15, -0.1) is 0 Å². The predicted molar refractivity (Wildman–Crippen MR) is 66.2 cm³/mol. The molecular formula is C14H17NO2. The van der Waals surface area contributed by atoms with Crippen molar-refractivity contribution in [2.45, 2.75) is 44.8 Å². The molecule has 1 aromatic carbocycles. The first-order chi connectivity index (χ1) is 8.25. The maximum absolute atomic E-state index is 11.9. The van der Waals surface area contributed by atoms with E-state index in [1.54, 1.807) is 0 Å². The fraction of sp³-hybridized carbons (Fsp3) is 0.500. The fourth-order valence-corrected chi connectivity index (χ4v) is 2.83. The van der Waals surface area contributed by atoms with Gasteiger partial charge in [-0.05, 0) is 38.3 Å². The number of rotatable bonds is 1. The van der Waals surface area contributed by atoms with Gasteiger partial charge in [0.1, 0.15) is 6.10 Å². The molecule has 2 fully saturated rings. The summed E-state index contributed by atoms with van der Waals surface area (Å²) in [6.07, 6.45) is 4.38. The zero-order valence-corrected chi connectivity index (χ0v) is 10.1. The number of aryl methyl sites for hydroxylation is 1. The Balaban J connectivity index is 1.90. The summed E-state index contributed by atoms with van der Waals surface area (Å²) in [4.78, 5) is 13.8. The zero-order valence-electron chi connectivity index (χ0n) is 10.1. The Labute approximate surface area is 101 Å². The monoisotopic (exact) mass is 231 g/mol. The van der Waals surface area contributed by atoms with Gasteiger partial charge in [0.25, 0.3) is 0 Å². The molecule has 2 unspecified atom stereocenters. The Morgan fingerprint density at radius 3 is 2.65 bits per heavy atom. The van der Waals surface area contributed by atoms with E-state index in [2.05, 4.69) is 6.92 Å². The first-order valence-corrected chi connectivity index (χ1v) is 6.32. The molecule has 3 nitrogen and oxygen atoms in total. The van der Waals surface area contributed by atoms with E-state index in [-0.39, 0.29) is 18.2 Å². The van der Waals surface area contributed by atoms with Crippen LogP contribution in [-0.2, 0) is 4.74 Å². The number of ether oxygens (including phenoxy) is 1. The van der Waals surface area contributed by atoms with Crippen LogP contribution in [0.15, 0.2) is 24.3 Å². The molecule has 3 heteroatoms. The molecule has 1 aliphatic carbocycles. The van der Waals surface area contributed by atoms with E-state index in [4.69, 9.17) is 4.74 Å². The van der Waals surface area contributed by atoms with Crippen LogP contribution in [0.1, 0.15) is 31.2 Å². The Morgan fingerprint density at radius 1 is 1.18 bits per heavy atom. The lowest BCUT2D eigenvalue weighted by Crippen LogP contribution is -2.38. The van der Waals surface area contributed by atoms with E-state index < -0.39 is 0 Å². The molecule has 0 N–H and O–H groups in total. The maximum atomic E-state index is 11.9.